The monoisotopic (exact) mass is 437 g/mol. The smallest absolute Gasteiger partial charge is 0.255 e. The van der Waals surface area contributed by atoms with E-state index in [1.54, 1.807) is 7.11 Å². The summed E-state index contributed by atoms with van der Waals surface area (Å²) in [4.78, 5) is 15.1. The summed E-state index contributed by atoms with van der Waals surface area (Å²) in [7, 11) is 1.68. The Kier molecular flexibility index (Phi) is 5.47. The summed E-state index contributed by atoms with van der Waals surface area (Å²) in [5.41, 5.74) is 2.08. The maximum atomic E-state index is 12.7. The fourth-order valence-corrected chi connectivity index (χ4v) is 5.24. The number of piperidine rings is 1. The van der Waals surface area contributed by atoms with Crippen LogP contribution in [0.25, 0.3) is 0 Å². The molecule has 7 heteroatoms. The molecule has 1 atom stereocenters. The van der Waals surface area contributed by atoms with Gasteiger partial charge in [-0.05, 0) is 49.6 Å². The van der Waals surface area contributed by atoms with E-state index in [1.807, 2.05) is 37.3 Å². The van der Waals surface area contributed by atoms with Crippen molar-refractivity contribution in [2.24, 2.45) is 0 Å². The third kappa shape index (κ3) is 3.91. The minimum atomic E-state index is -0.518. The van der Waals surface area contributed by atoms with Gasteiger partial charge in [-0.15, -0.1) is 0 Å². The number of nitrogens with zero attached hydrogens (tertiary/aromatic N) is 1. The highest BCUT2D eigenvalue weighted by atomic mass is 16.5. The predicted octanol–water partition coefficient (Wildman–Crippen LogP) is 3.40. The minimum Gasteiger partial charge on any atom is -0.493 e. The minimum absolute atomic E-state index is 0.0260. The first kappa shape index (κ1) is 21.1. The molecule has 0 aromatic heterocycles. The van der Waals surface area contributed by atoms with Gasteiger partial charge in [0.25, 0.3) is 5.91 Å². The summed E-state index contributed by atoms with van der Waals surface area (Å²) in [6.07, 6.45) is 2.68. The van der Waals surface area contributed by atoms with Crippen LogP contribution >= 0.6 is 0 Å². The number of rotatable bonds is 5. The number of para-hydroxylation sites is 1. The normalized spacial score (nSPS) is 24.1. The van der Waals surface area contributed by atoms with Crippen molar-refractivity contribution in [3.63, 3.8) is 0 Å². The molecule has 3 heterocycles. The van der Waals surface area contributed by atoms with E-state index in [0.717, 1.165) is 56.1 Å². The Hall–Kier alpha value is -2.77. The summed E-state index contributed by atoms with van der Waals surface area (Å²) in [5.74, 6) is 1.53. The van der Waals surface area contributed by atoms with Crippen molar-refractivity contribution >= 4 is 11.6 Å². The number of anilines is 1. The molecule has 1 amide bonds. The number of methoxy groups -OCH3 is 1. The number of carbonyl (C=O) groups excluding carboxylic acids is 1. The molecule has 2 spiro atoms. The van der Waals surface area contributed by atoms with Crippen LogP contribution in [0.2, 0.25) is 0 Å². The van der Waals surface area contributed by atoms with Gasteiger partial charge in [-0.1, -0.05) is 18.2 Å². The molecule has 0 radical (unpaired) electrons. The Labute approximate surface area is 189 Å². The van der Waals surface area contributed by atoms with Gasteiger partial charge in [-0.25, -0.2) is 0 Å². The summed E-state index contributed by atoms with van der Waals surface area (Å²) in [5, 5.41) is 6.74. The number of nitrogens with one attached hydrogen (secondary N) is 2. The first-order valence-electron chi connectivity index (χ1n) is 11.4. The molecule has 2 saturated heterocycles. The third-order valence-electron chi connectivity index (χ3n) is 6.85. The zero-order chi connectivity index (χ0) is 22.2. The maximum absolute atomic E-state index is 12.7. The van der Waals surface area contributed by atoms with E-state index in [-0.39, 0.29) is 11.5 Å². The van der Waals surface area contributed by atoms with Gasteiger partial charge in [-0.3, -0.25) is 9.69 Å². The largest absolute Gasteiger partial charge is 0.493 e. The van der Waals surface area contributed by atoms with Gasteiger partial charge < -0.3 is 24.8 Å². The standard InChI is InChI=1S/C25H31N3O4/c1-3-31-21-9-8-18(14-22(21)30-2)15-28-12-10-24(11-13-28)16-25(17-32-24)26-20-7-5-4-6-19(20)23(29)27-25/h4-9,14,26H,3,10-13,15-17H2,1-2H3,(H,27,29)/t25-/m1/s1. The lowest BCUT2D eigenvalue weighted by molar-refractivity contribution is -0.0452. The van der Waals surface area contributed by atoms with Crippen LogP contribution in [0.1, 0.15) is 42.1 Å². The Morgan fingerprint density at radius 1 is 1.09 bits per heavy atom. The highest BCUT2D eigenvalue weighted by molar-refractivity contribution is 6.02. The molecule has 2 aromatic rings. The molecule has 7 nitrogen and oxygen atoms in total. The molecule has 0 aliphatic carbocycles. The Bertz CT molecular complexity index is 1000. The van der Waals surface area contributed by atoms with Crippen LogP contribution < -0.4 is 20.1 Å². The molecule has 0 bridgehead atoms. The number of carbonyl (C=O) groups is 1. The number of benzene rings is 2. The number of likely N-dealkylation sites (tertiary alicyclic amines) is 1. The first-order chi connectivity index (χ1) is 15.5. The van der Waals surface area contributed by atoms with Gasteiger partial charge in [0.05, 0.1) is 31.5 Å². The molecular weight excluding hydrogens is 406 g/mol. The number of ether oxygens (including phenoxy) is 3. The van der Waals surface area contributed by atoms with Gasteiger partial charge in [0.2, 0.25) is 0 Å². The van der Waals surface area contributed by atoms with Crippen LogP contribution in [0.5, 0.6) is 11.5 Å². The van der Waals surface area contributed by atoms with Crippen molar-refractivity contribution < 1.29 is 19.0 Å². The van der Waals surface area contributed by atoms with Gasteiger partial charge in [0.15, 0.2) is 11.5 Å². The lowest BCUT2D eigenvalue weighted by Crippen LogP contribution is -2.59. The molecule has 0 saturated carbocycles. The molecule has 170 valence electrons. The van der Waals surface area contributed by atoms with Crippen LogP contribution in [-0.4, -0.2) is 55.5 Å². The van der Waals surface area contributed by atoms with E-state index in [0.29, 0.717) is 18.8 Å². The van der Waals surface area contributed by atoms with Crippen LogP contribution in [0, 0.1) is 0 Å². The van der Waals surface area contributed by atoms with E-state index >= 15 is 0 Å². The highest BCUT2D eigenvalue weighted by Crippen LogP contribution is 2.43. The Morgan fingerprint density at radius 3 is 2.69 bits per heavy atom. The zero-order valence-electron chi connectivity index (χ0n) is 18.8. The van der Waals surface area contributed by atoms with Crippen LogP contribution in [0.4, 0.5) is 5.69 Å². The van der Waals surface area contributed by atoms with Gasteiger partial charge in [0.1, 0.15) is 5.66 Å². The van der Waals surface area contributed by atoms with Gasteiger partial charge in [0, 0.05) is 31.7 Å². The zero-order valence-corrected chi connectivity index (χ0v) is 18.8. The first-order valence-corrected chi connectivity index (χ1v) is 11.4. The average molecular weight is 438 g/mol. The fraction of sp³-hybridized carbons (Fsp3) is 0.480. The lowest BCUT2D eigenvalue weighted by atomic mass is 9.84. The number of hydrogen-bond donors (Lipinski definition) is 2. The van der Waals surface area contributed by atoms with Crippen LogP contribution in [-0.2, 0) is 11.3 Å². The summed E-state index contributed by atoms with van der Waals surface area (Å²) >= 11 is 0. The SMILES string of the molecule is CCOc1ccc(CN2CCC3(CC2)C[C@]2(CO3)NC(=O)c3ccccc3N2)cc1OC. The predicted molar refractivity (Wildman–Crippen MR) is 122 cm³/mol. The van der Waals surface area contributed by atoms with E-state index in [4.69, 9.17) is 14.2 Å². The highest BCUT2D eigenvalue weighted by Gasteiger charge is 2.53. The van der Waals surface area contributed by atoms with Crippen molar-refractivity contribution in [2.75, 3.05) is 38.7 Å². The molecule has 5 rings (SSSR count). The molecular formula is C25H31N3O4. The fourth-order valence-electron chi connectivity index (χ4n) is 5.24. The molecule has 0 unspecified atom stereocenters. The Morgan fingerprint density at radius 2 is 1.91 bits per heavy atom. The quantitative estimate of drug-likeness (QED) is 0.747. The number of hydrogen-bond acceptors (Lipinski definition) is 6. The number of fused-ring (bicyclic) bond motifs is 1. The molecule has 2 N–H and O–H groups in total. The van der Waals surface area contributed by atoms with E-state index < -0.39 is 5.66 Å². The summed E-state index contributed by atoms with van der Waals surface area (Å²) in [6.45, 7) is 5.85. The third-order valence-corrected chi connectivity index (χ3v) is 6.85. The summed E-state index contributed by atoms with van der Waals surface area (Å²) in [6, 6.07) is 13.8. The second kappa shape index (κ2) is 8.30. The van der Waals surface area contributed by atoms with Crippen molar-refractivity contribution in [1.29, 1.82) is 0 Å². The van der Waals surface area contributed by atoms with Crippen molar-refractivity contribution in [3.8, 4) is 11.5 Å². The summed E-state index contributed by atoms with van der Waals surface area (Å²) < 4.78 is 17.5. The molecule has 2 aromatic carbocycles. The van der Waals surface area contributed by atoms with Gasteiger partial charge >= 0.3 is 0 Å². The lowest BCUT2D eigenvalue weighted by Gasteiger charge is -2.41. The van der Waals surface area contributed by atoms with Crippen LogP contribution in [0.3, 0.4) is 0 Å². The van der Waals surface area contributed by atoms with E-state index in [2.05, 4.69) is 27.7 Å². The second-order valence-corrected chi connectivity index (χ2v) is 9.05. The maximum Gasteiger partial charge on any atom is 0.255 e. The molecule has 2 fully saturated rings. The van der Waals surface area contributed by atoms with E-state index in [9.17, 15) is 4.79 Å². The van der Waals surface area contributed by atoms with Gasteiger partial charge in [-0.2, -0.15) is 0 Å². The Balaban J connectivity index is 1.22. The van der Waals surface area contributed by atoms with Crippen molar-refractivity contribution in [1.82, 2.24) is 10.2 Å². The van der Waals surface area contributed by atoms with Crippen molar-refractivity contribution in [3.05, 3.63) is 53.6 Å². The average Bonchev–Trinajstić information content (AvgIpc) is 3.13. The van der Waals surface area contributed by atoms with E-state index in [1.165, 1.54) is 5.56 Å². The number of amides is 1. The topological polar surface area (TPSA) is 72.1 Å². The molecule has 3 aliphatic heterocycles. The van der Waals surface area contributed by atoms with Crippen LogP contribution in [0.15, 0.2) is 42.5 Å². The van der Waals surface area contributed by atoms with Crippen molar-refractivity contribution in [2.45, 2.75) is 44.0 Å². The molecule has 3 aliphatic rings. The second-order valence-electron chi connectivity index (χ2n) is 9.05. The molecule has 32 heavy (non-hydrogen) atoms.